The number of carboxylic acids is 1. The largest absolute Gasteiger partial charge is 0.481 e. The number of unbranched alkanes of at least 4 members (excludes halogenated alkanes) is 1. The third-order valence-corrected chi connectivity index (χ3v) is 2.82. The highest BCUT2D eigenvalue weighted by Gasteiger charge is 2.39. The summed E-state index contributed by atoms with van der Waals surface area (Å²) in [5.74, 6) is -3.09. The third kappa shape index (κ3) is 5.37. The van der Waals surface area contributed by atoms with Crippen molar-refractivity contribution >= 4 is 11.9 Å². The van der Waals surface area contributed by atoms with E-state index in [0.717, 1.165) is 6.42 Å². The summed E-state index contributed by atoms with van der Waals surface area (Å²) in [7, 11) is 0. The molecule has 0 aliphatic rings. The van der Waals surface area contributed by atoms with E-state index in [1.54, 1.807) is 5.32 Å². The van der Waals surface area contributed by atoms with Gasteiger partial charge in [0.1, 0.15) is 0 Å². The van der Waals surface area contributed by atoms with E-state index in [2.05, 4.69) is 0 Å². The molecule has 0 rings (SSSR count). The van der Waals surface area contributed by atoms with Crippen LogP contribution in [0.5, 0.6) is 0 Å². The first kappa shape index (κ1) is 16.7. The second-order valence-corrected chi connectivity index (χ2v) is 4.47. The zero-order valence-electron chi connectivity index (χ0n) is 10.4. The normalized spacial score (nSPS) is 14.9. The van der Waals surface area contributed by atoms with Gasteiger partial charge in [-0.2, -0.15) is 13.2 Å². The summed E-state index contributed by atoms with van der Waals surface area (Å²) in [5.41, 5.74) is -1.10. The number of rotatable bonds is 7. The van der Waals surface area contributed by atoms with Gasteiger partial charge in [0.25, 0.3) is 0 Å². The van der Waals surface area contributed by atoms with Crippen LogP contribution in [0.2, 0.25) is 0 Å². The fourth-order valence-corrected chi connectivity index (χ4v) is 1.46. The molecule has 0 bridgehead atoms. The van der Waals surface area contributed by atoms with E-state index in [4.69, 9.17) is 5.11 Å². The molecule has 106 valence electrons. The molecule has 1 amide bonds. The first-order valence-electron chi connectivity index (χ1n) is 5.72. The van der Waals surface area contributed by atoms with Crippen LogP contribution in [0.1, 0.15) is 39.5 Å². The minimum Gasteiger partial charge on any atom is -0.481 e. The van der Waals surface area contributed by atoms with Crippen LogP contribution in [0.25, 0.3) is 0 Å². The first-order chi connectivity index (χ1) is 8.13. The number of carbonyl (C=O) groups excluding carboxylic acids is 1. The highest BCUT2D eigenvalue weighted by molar-refractivity contribution is 5.81. The van der Waals surface area contributed by atoms with Crippen molar-refractivity contribution in [3.8, 4) is 0 Å². The minimum absolute atomic E-state index is 0.0237. The Morgan fingerprint density at radius 1 is 1.22 bits per heavy atom. The maximum absolute atomic E-state index is 11.9. The van der Waals surface area contributed by atoms with Gasteiger partial charge in [0.2, 0.25) is 0 Å². The van der Waals surface area contributed by atoms with E-state index >= 15 is 0 Å². The molecular weight excluding hydrogens is 251 g/mol. The average molecular weight is 269 g/mol. The van der Waals surface area contributed by atoms with Crippen molar-refractivity contribution in [3.05, 3.63) is 0 Å². The summed E-state index contributed by atoms with van der Waals surface area (Å²) in [6.45, 7) is 3.07. The first-order valence-corrected chi connectivity index (χ1v) is 5.72. The van der Waals surface area contributed by atoms with Gasteiger partial charge in [-0.05, 0) is 19.8 Å². The molecular formula is C11H18F3NO3. The van der Waals surface area contributed by atoms with E-state index in [-0.39, 0.29) is 13.0 Å². The lowest BCUT2D eigenvalue weighted by Gasteiger charge is -2.24. The van der Waals surface area contributed by atoms with E-state index < -0.39 is 23.5 Å². The van der Waals surface area contributed by atoms with Crippen molar-refractivity contribution in [2.24, 2.45) is 5.41 Å². The Morgan fingerprint density at radius 3 is 2.17 bits per heavy atom. The van der Waals surface area contributed by atoms with Crippen molar-refractivity contribution in [2.45, 2.75) is 45.7 Å². The molecule has 0 fully saturated rings. The van der Waals surface area contributed by atoms with Gasteiger partial charge in [0.05, 0.1) is 5.41 Å². The molecule has 1 atom stereocenters. The molecule has 0 spiro atoms. The molecule has 0 aromatic heterocycles. The van der Waals surface area contributed by atoms with Gasteiger partial charge in [0, 0.05) is 6.54 Å². The molecule has 0 radical (unpaired) electrons. The third-order valence-electron chi connectivity index (χ3n) is 2.82. The lowest BCUT2D eigenvalue weighted by atomic mass is 9.82. The van der Waals surface area contributed by atoms with Gasteiger partial charge >= 0.3 is 18.1 Å². The number of nitrogens with one attached hydrogen (secondary N) is 1. The van der Waals surface area contributed by atoms with Crippen LogP contribution in [0.3, 0.4) is 0 Å². The fraction of sp³-hybridized carbons (Fsp3) is 0.818. The monoisotopic (exact) mass is 269 g/mol. The summed E-state index contributed by atoms with van der Waals surface area (Å²) < 4.78 is 35.7. The molecule has 18 heavy (non-hydrogen) atoms. The summed E-state index contributed by atoms with van der Waals surface area (Å²) >= 11 is 0. The molecule has 0 aromatic rings. The average Bonchev–Trinajstić information content (AvgIpc) is 2.24. The maximum atomic E-state index is 11.9. The number of halogens is 3. The Labute approximate surface area is 104 Å². The summed E-state index contributed by atoms with van der Waals surface area (Å²) in [4.78, 5) is 21.6. The zero-order chi connectivity index (χ0) is 14.4. The molecule has 1 unspecified atom stereocenters. The number of amides is 1. The van der Waals surface area contributed by atoms with Gasteiger partial charge in [0.15, 0.2) is 0 Å². The summed E-state index contributed by atoms with van der Waals surface area (Å²) in [5, 5.41) is 10.7. The van der Waals surface area contributed by atoms with Crippen LogP contribution >= 0.6 is 0 Å². The van der Waals surface area contributed by atoms with Crippen LogP contribution in [0.15, 0.2) is 0 Å². The van der Waals surface area contributed by atoms with Gasteiger partial charge in [-0.15, -0.1) is 0 Å². The van der Waals surface area contributed by atoms with Crippen LogP contribution in [-0.2, 0) is 9.59 Å². The van der Waals surface area contributed by atoms with Crippen LogP contribution < -0.4 is 5.32 Å². The molecule has 0 aliphatic heterocycles. The van der Waals surface area contributed by atoms with E-state index in [0.29, 0.717) is 12.8 Å². The number of hydrogen-bond donors (Lipinski definition) is 2. The molecule has 4 nitrogen and oxygen atoms in total. The number of aliphatic carboxylic acids is 1. The number of carboxylic acid groups (broad SMARTS) is 1. The second kappa shape index (κ2) is 6.61. The predicted octanol–water partition coefficient (Wildman–Crippen LogP) is 2.34. The van der Waals surface area contributed by atoms with Crippen molar-refractivity contribution < 1.29 is 27.9 Å². The van der Waals surface area contributed by atoms with Gasteiger partial charge in [-0.1, -0.05) is 19.8 Å². The van der Waals surface area contributed by atoms with Gasteiger partial charge in [-0.25, -0.2) is 0 Å². The van der Waals surface area contributed by atoms with Crippen LogP contribution in [0, 0.1) is 5.41 Å². The van der Waals surface area contributed by atoms with Crippen LogP contribution in [-0.4, -0.2) is 29.7 Å². The minimum atomic E-state index is -4.93. The zero-order valence-corrected chi connectivity index (χ0v) is 10.4. The predicted molar refractivity (Wildman–Crippen MR) is 58.9 cm³/mol. The van der Waals surface area contributed by atoms with Crippen LogP contribution in [0.4, 0.5) is 13.2 Å². The lowest BCUT2D eigenvalue weighted by Crippen LogP contribution is -2.40. The van der Waals surface area contributed by atoms with Crippen molar-refractivity contribution in [1.29, 1.82) is 0 Å². The quantitative estimate of drug-likeness (QED) is 0.745. The summed E-state index contributed by atoms with van der Waals surface area (Å²) in [6.07, 6.45) is -3.10. The number of hydrogen-bond acceptors (Lipinski definition) is 2. The SMILES string of the molecule is CCCCC(C)(CCNC(=O)C(F)(F)F)C(=O)O. The van der Waals surface area contributed by atoms with Crippen molar-refractivity contribution in [1.82, 2.24) is 5.32 Å². The fourth-order valence-electron chi connectivity index (χ4n) is 1.46. The summed E-state index contributed by atoms with van der Waals surface area (Å²) in [6, 6.07) is 0. The Hall–Kier alpha value is -1.27. The van der Waals surface area contributed by atoms with Crippen molar-refractivity contribution in [3.63, 3.8) is 0 Å². The standard InChI is InChI=1S/C11H18F3NO3/c1-3-4-5-10(2,9(17)18)6-7-15-8(16)11(12,13)14/h3-7H2,1-2H3,(H,15,16)(H,17,18). The Morgan fingerprint density at radius 2 is 1.78 bits per heavy atom. The Kier molecular flexibility index (Phi) is 6.14. The highest BCUT2D eigenvalue weighted by Crippen LogP contribution is 2.28. The molecule has 0 heterocycles. The molecule has 2 N–H and O–H groups in total. The van der Waals surface area contributed by atoms with E-state index in [1.807, 2.05) is 6.92 Å². The molecule has 7 heteroatoms. The van der Waals surface area contributed by atoms with Gasteiger partial charge in [-0.3, -0.25) is 9.59 Å². The topological polar surface area (TPSA) is 66.4 Å². The molecule has 0 saturated carbocycles. The van der Waals surface area contributed by atoms with E-state index in [9.17, 15) is 22.8 Å². The highest BCUT2D eigenvalue weighted by atomic mass is 19.4. The van der Waals surface area contributed by atoms with Gasteiger partial charge < -0.3 is 10.4 Å². The molecule has 0 aromatic carbocycles. The Balaban J connectivity index is 4.29. The molecule has 0 aliphatic carbocycles. The van der Waals surface area contributed by atoms with Crippen molar-refractivity contribution in [2.75, 3.05) is 6.54 Å². The number of carbonyl (C=O) groups is 2. The van der Waals surface area contributed by atoms with E-state index in [1.165, 1.54) is 6.92 Å². The smallest absolute Gasteiger partial charge is 0.471 e. The molecule has 0 saturated heterocycles. The maximum Gasteiger partial charge on any atom is 0.471 e. The lowest BCUT2D eigenvalue weighted by molar-refractivity contribution is -0.173. The second-order valence-electron chi connectivity index (χ2n) is 4.47. The number of alkyl halides is 3. The Bertz CT molecular complexity index is 304.